The van der Waals surface area contributed by atoms with Gasteiger partial charge in [0.2, 0.25) is 0 Å². The molecule has 0 N–H and O–H groups in total. The van der Waals surface area contributed by atoms with Gasteiger partial charge in [0, 0.05) is 12.0 Å². The summed E-state index contributed by atoms with van der Waals surface area (Å²) in [6.45, 7) is 9.90. The zero-order valence-electron chi connectivity index (χ0n) is 8.76. The first kappa shape index (κ1) is 10.0. The third-order valence-corrected chi connectivity index (χ3v) is 2.69. The topological polar surface area (TPSA) is 12.5 Å². The molecular formula is C10H21NO. The number of rotatable bonds is 3. The lowest BCUT2D eigenvalue weighted by Gasteiger charge is -2.27. The fourth-order valence-corrected chi connectivity index (χ4v) is 2.03. The van der Waals surface area contributed by atoms with Crippen molar-refractivity contribution in [2.45, 2.75) is 33.3 Å². The van der Waals surface area contributed by atoms with Crippen LogP contribution in [0.4, 0.5) is 0 Å². The van der Waals surface area contributed by atoms with E-state index in [1.165, 1.54) is 6.42 Å². The highest BCUT2D eigenvalue weighted by Crippen LogP contribution is 2.32. The maximum atomic E-state index is 5.59. The maximum absolute atomic E-state index is 5.59. The highest BCUT2D eigenvalue weighted by molar-refractivity contribution is 4.84. The van der Waals surface area contributed by atoms with Crippen LogP contribution >= 0.6 is 0 Å². The molecule has 0 aromatic heterocycles. The van der Waals surface area contributed by atoms with E-state index < -0.39 is 0 Å². The monoisotopic (exact) mass is 171 g/mol. The van der Waals surface area contributed by atoms with Gasteiger partial charge in [0.25, 0.3) is 0 Å². The lowest BCUT2D eigenvalue weighted by molar-refractivity contribution is 0.0993. The first-order valence-electron chi connectivity index (χ1n) is 4.86. The van der Waals surface area contributed by atoms with Gasteiger partial charge in [-0.3, -0.25) is 0 Å². The summed E-state index contributed by atoms with van der Waals surface area (Å²) in [5.74, 6) is 0. The highest BCUT2D eigenvalue weighted by atomic mass is 16.5. The van der Waals surface area contributed by atoms with Gasteiger partial charge in [-0.2, -0.15) is 0 Å². The van der Waals surface area contributed by atoms with E-state index in [1.54, 1.807) is 0 Å². The number of hydrogen-bond donors (Lipinski definition) is 0. The molecule has 1 fully saturated rings. The molecule has 2 atom stereocenters. The van der Waals surface area contributed by atoms with Crippen LogP contribution in [0, 0.1) is 5.41 Å². The number of nitrogens with zero attached hydrogens (tertiary/aromatic N) is 1. The van der Waals surface area contributed by atoms with Crippen molar-refractivity contribution in [3.8, 4) is 0 Å². The van der Waals surface area contributed by atoms with Gasteiger partial charge in [-0.05, 0) is 26.9 Å². The van der Waals surface area contributed by atoms with Gasteiger partial charge < -0.3 is 9.64 Å². The molecule has 2 unspecified atom stereocenters. The van der Waals surface area contributed by atoms with E-state index in [4.69, 9.17) is 4.74 Å². The Morgan fingerprint density at radius 3 is 2.67 bits per heavy atom. The minimum absolute atomic E-state index is 0.393. The second kappa shape index (κ2) is 3.75. The summed E-state index contributed by atoms with van der Waals surface area (Å²) in [5, 5.41) is 0. The summed E-state index contributed by atoms with van der Waals surface area (Å²) in [7, 11) is 2.17. The molecule has 2 nitrogen and oxygen atoms in total. The van der Waals surface area contributed by atoms with Crippen molar-refractivity contribution in [2.24, 2.45) is 5.41 Å². The normalized spacial score (nSPS) is 36.2. The summed E-state index contributed by atoms with van der Waals surface area (Å²) in [6.07, 6.45) is 1.66. The standard InChI is InChI=1S/C10H21NO/c1-5-11(4)7-10(3)6-9(2)12-8-10/h9H,5-8H2,1-4H3. The van der Waals surface area contributed by atoms with Gasteiger partial charge in [-0.25, -0.2) is 0 Å². The Morgan fingerprint density at radius 1 is 1.58 bits per heavy atom. The van der Waals surface area contributed by atoms with Crippen molar-refractivity contribution in [3.05, 3.63) is 0 Å². The molecule has 12 heavy (non-hydrogen) atoms. The minimum Gasteiger partial charge on any atom is -0.378 e. The van der Waals surface area contributed by atoms with Gasteiger partial charge in [-0.1, -0.05) is 13.8 Å². The van der Waals surface area contributed by atoms with Gasteiger partial charge in [0.05, 0.1) is 12.7 Å². The Kier molecular flexibility index (Phi) is 3.13. The summed E-state index contributed by atoms with van der Waals surface area (Å²) in [6, 6.07) is 0. The molecule has 72 valence electrons. The van der Waals surface area contributed by atoms with E-state index in [2.05, 4.69) is 32.7 Å². The quantitative estimate of drug-likeness (QED) is 0.641. The van der Waals surface area contributed by atoms with Crippen molar-refractivity contribution in [1.82, 2.24) is 4.90 Å². The lowest BCUT2D eigenvalue weighted by Crippen LogP contribution is -2.33. The fraction of sp³-hybridized carbons (Fsp3) is 1.00. The molecule has 0 amide bonds. The molecule has 0 aliphatic carbocycles. The van der Waals surface area contributed by atoms with Crippen LogP contribution in [-0.2, 0) is 4.74 Å². The van der Waals surface area contributed by atoms with Crippen molar-refractivity contribution in [1.29, 1.82) is 0 Å². The van der Waals surface area contributed by atoms with E-state index in [9.17, 15) is 0 Å². The SMILES string of the molecule is CCN(C)CC1(C)COC(C)C1. The molecule has 2 heteroatoms. The molecule has 1 saturated heterocycles. The Hall–Kier alpha value is -0.0800. The Balaban J connectivity index is 2.39. The molecule has 0 saturated carbocycles. The zero-order chi connectivity index (χ0) is 9.19. The third kappa shape index (κ3) is 2.46. The molecule has 0 aromatic rings. The average Bonchev–Trinajstić information content (AvgIpc) is 2.30. The largest absolute Gasteiger partial charge is 0.378 e. The van der Waals surface area contributed by atoms with Crippen LogP contribution in [-0.4, -0.2) is 37.7 Å². The van der Waals surface area contributed by atoms with E-state index in [0.717, 1.165) is 19.7 Å². The summed E-state index contributed by atoms with van der Waals surface area (Å²) < 4.78 is 5.59. The van der Waals surface area contributed by atoms with Crippen LogP contribution in [0.5, 0.6) is 0 Å². The van der Waals surface area contributed by atoms with Crippen LogP contribution in [0.25, 0.3) is 0 Å². The van der Waals surface area contributed by atoms with Crippen LogP contribution in [0.1, 0.15) is 27.2 Å². The Labute approximate surface area is 75.9 Å². The first-order chi connectivity index (χ1) is 5.56. The average molecular weight is 171 g/mol. The van der Waals surface area contributed by atoms with Crippen LogP contribution in [0.2, 0.25) is 0 Å². The zero-order valence-corrected chi connectivity index (χ0v) is 8.76. The van der Waals surface area contributed by atoms with Crippen molar-refractivity contribution in [2.75, 3.05) is 26.7 Å². The summed E-state index contributed by atoms with van der Waals surface area (Å²) in [4.78, 5) is 2.36. The fourth-order valence-electron chi connectivity index (χ4n) is 2.03. The molecule has 1 rings (SSSR count). The van der Waals surface area contributed by atoms with Crippen molar-refractivity contribution < 1.29 is 4.74 Å². The summed E-state index contributed by atoms with van der Waals surface area (Å²) in [5.41, 5.74) is 0.393. The number of ether oxygens (including phenoxy) is 1. The maximum Gasteiger partial charge on any atom is 0.0553 e. The van der Waals surface area contributed by atoms with Gasteiger partial charge in [0.1, 0.15) is 0 Å². The van der Waals surface area contributed by atoms with Crippen LogP contribution in [0.15, 0.2) is 0 Å². The van der Waals surface area contributed by atoms with Crippen molar-refractivity contribution in [3.63, 3.8) is 0 Å². The molecule has 0 radical (unpaired) electrons. The van der Waals surface area contributed by atoms with E-state index >= 15 is 0 Å². The van der Waals surface area contributed by atoms with Gasteiger partial charge >= 0.3 is 0 Å². The molecular weight excluding hydrogens is 150 g/mol. The molecule has 0 aromatic carbocycles. The third-order valence-electron chi connectivity index (χ3n) is 2.69. The second-order valence-corrected chi connectivity index (χ2v) is 4.47. The molecule has 1 heterocycles. The predicted octanol–water partition coefficient (Wildman–Crippen LogP) is 1.75. The van der Waals surface area contributed by atoms with E-state index in [0.29, 0.717) is 11.5 Å². The highest BCUT2D eigenvalue weighted by Gasteiger charge is 2.34. The molecule has 0 bridgehead atoms. The first-order valence-corrected chi connectivity index (χ1v) is 4.86. The van der Waals surface area contributed by atoms with Gasteiger partial charge in [0.15, 0.2) is 0 Å². The van der Waals surface area contributed by atoms with Gasteiger partial charge in [-0.15, -0.1) is 0 Å². The van der Waals surface area contributed by atoms with Crippen molar-refractivity contribution >= 4 is 0 Å². The summed E-state index contributed by atoms with van der Waals surface area (Å²) >= 11 is 0. The van der Waals surface area contributed by atoms with Crippen LogP contribution in [0.3, 0.4) is 0 Å². The van der Waals surface area contributed by atoms with Crippen LogP contribution < -0.4 is 0 Å². The smallest absolute Gasteiger partial charge is 0.0553 e. The Bertz CT molecular complexity index is 149. The second-order valence-electron chi connectivity index (χ2n) is 4.47. The van der Waals surface area contributed by atoms with E-state index in [1.807, 2.05) is 0 Å². The molecule has 1 aliphatic rings. The predicted molar refractivity (Wildman–Crippen MR) is 51.3 cm³/mol. The number of hydrogen-bond acceptors (Lipinski definition) is 2. The molecule has 1 aliphatic heterocycles. The lowest BCUT2D eigenvalue weighted by atomic mass is 9.87. The van der Waals surface area contributed by atoms with E-state index in [-0.39, 0.29) is 0 Å². The Morgan fingerprint density at radius 2 is 2.25 bits per heavy atom. The molecule has 0 spiro atoms. The minimum atomic E-state index is 0.393.